The summed E-state index contributed by atoms with van der Waals surface area (Å²) in [4.78, 5) is 12.7. The number of benzene rings is 3. The van der Waals surface area contributed by atoms with Crippen LogP contribution in [0.4, 0.5) is 10.1 Å². The lowest BCUT2D eigenvalue weighted by Crippen LogP contribution is -2.18. The summed E-state index contributed by atoms with van der Waals surface area (Å²) in [6.07, 6.45) is 1.44. The molecule has 164 valence electrons. The van der Waals surface area contributed by atoms with Crippen LogP contribution < -0.4 is 5.32 Å². The number of halogens is 3. The first-order chi connectivity index (χ1) is 15.2. The number of para-hydroxylation sites is 1. The molecule has 4 aromatic rings. The van der Waals surface area contributed by atoms with Gasteiger partial charge in [-0.15, -0.1) is 0 Å². The van der Waals surface area contributed by atoms with Crippen molar-refractivity contribution in [3.8, 4) is 0 Å². The molecule has 32 heavy (non-hydrogen) atoms. The second kappa shape index (κ2) is 8.94. The lowest BCUT2D eigenvalue weighted by atomic mass is 10.2. The standard InChI is InChI=1S/C23H17Cl2FN2O3S/c24-19-9-8-17(11-20(19)25)27-23(29)13-28-12-22(18-6-1-2-7-21(18)28)32(30,31)14-15-4-3-5-16(26)10-15/h1-12H,13-14H2,(H,27,29). The number of hydrogen-bond donors (Lipinski definition) is 1. The molecule has 0 atom stereocenters. The summed E-state index contributed by atoms with van der Waals surface area (Å²) in [5, 5.41) is 3.89. The van der Waals surface area contributed by atoms with Gasteiger partial charge in [0.25, 0.3) is 0 Å². The van der Waals surface area contributed by atoms with Crippen LogP contribution in [0.3, 0.4) is 0 Å². The summed E-state index contributed by atoms with van der Waals surface area (Å²) in [6, 6.07) is 17.1. The molecule has 0 saturated heterocycles. The topological polar surface area (TPSA) is 68.2 Å². The molecule has 0 spiro atoms. The predicted molar refractivity (Wildman–Crippen MR) is 124 cm³/mol. The summed E-state index contributed by atoms with van der Waals surface area (Å²) in [5.74, 6) is -1.22. The number of nitrogens with zero attached hydrogens (tertiary/aromatic N) is 1. The van der Waals surface area contributed by atoms with Crippen molar-refractivity contribution in [3.63, 3.8) is 0 Å². The van der Waals surface area contributed by atoms with E-state index in [1.165, 1.54) is 30.5 Å². The number of amides is 1. The van der Waals surface area contributed by atoms with Gasteiger partial charge in [0.15, 0.2) is 9.84 Å². The van der Waals surface area contributed by atoms with E-state index in [1.54, 1.807) is 47.0 Å². The zero-order valence-electron chi connectivity index (χ0n) is 16.6. The van der Waals surface area contributed by atoms with Gasteiger partial charge in [-0.1, -0.05) is 53.5 Å². The summed E-state index contributed by atoms with van der Waals surface area (Å²) in [5.41, 5.74) is 1.41. The third-order valence-corrected chi connectivity index (χ3v) is 7.30. The van der Waals surface area contributed by atoms with Gasteiger partial charge in [-0.05, 0) is 42.0 Å². The van der Waals surface area contributed by atoms with Gasteiger partial charge in [-0.25, -0.2) is 12.8 Å². The van der Waals surface area contributed by atoms with Crippen LogP contribution in [-0.4, -0.2) is 18.9 Å². The first-order valence-corrected chi connectivity index (χ1v) is 11.9. The van der Waals surface area contributed by atoms with E-state index in [9.17, 15) is 17.6 Å². The molecular formula is C23H17Cl2FN2O3S. The maximum absolute atomic E-state index is 13.5. The second-order valence-corrected chi connectivity index (χ2v) is 9.98. The Kier molecular flexibility index (Phi) is 6.24. The Bertz CT molecular complexity index is 1430. The number of carbonyl (C=O) groups is 1. The molecule has 1 heterocycles. The lowest BCUT2D eigenvalue weighted by molar-refractivity contribution is -0.116. The Morgan fingerprint density at radius 2 is 1.75 bits per heavy atom. The Morgan fingerprint density at radius 1 is 0.969 bits per heavy atom. The largest absolute Gasteiger partial charge is 0.337 e. The van der Waals surface area contributed by atoms with Crippen molar-refractivity contribution in [2.45, 2.75) is 17.2 Å². The van der Waals surface area contributed by atoms with Crippen molar-refractivity contribution in [2.24, 2.45) is 0 Å². The van der Waals surface area contributed by atoms with Crippen molar-refractivity contribution >= 4 is 55.5 Å². The molecule has 0 unspecified atom stereocenters. The maximum atomic E-state index is 13.5. The van der Waals surface area contributed by atoms with Gasteiger partial charge >= 0.3 is 0 Å². The number of aromatic nitrogens is 1. The highest BCUT2D eigenvalue weighted by Gasteiger charge is 2.22. The molecule has 0 saturated carbocycles. The number of carbonyl (C=O) groups excluding carboxylic acids is 1. The van der Waals surface area contributed by atoms with Crippen molar-refractivity contribution < 1.29 is 17.6 Å². The van der Waals surface area contributed by atoms with Crippen LogP contribution in [0.5, 0.6) is 0 Å². The van der Waals surface area contributed by atoms with Crippen LogP contribution >= 0.6 is 23.2 Å². The summed E-state index contributed by atoms with van der Waals surface area (Å²) >= 11 is 11.9. The average Bonchev–Trinajstić information content (AvgIpc) is 3.10. The number of sulfone groups is 1. The Balaban J connectivity index is 1.63. The zero-order chi connectivity index (χ0) is 22.9. The van der Waals surface area contributed by atoms with Gasteiger partial charge in [0, 0.05) is 22.8 Å². The van der Waals surface area contributed by atoms with Crippen molar-refractivity contribution in [1.82, 2.24) is 4.57 Å². The number of fused-ring (bicyclic) bond motifs is 1. The van der Waals surface area contributed by atoms with Crippen molar-refractivity contribution in [1.29, 1.82) is 0 Å². The van der Waals surface area contributed by atoms with Gasteiger partial charge in [-0.2, -0.15) is 0 Å². The van der Waals surface area contributed by atoms with Gasteiger partial charge < -0.3 is 9.88 Å². The van der Waals surface area contributed by atoms with Crippen LogP contribution in [0.1, 0.15) is 5.56 Å². The Morgan fingerprint density at radius 3 is 2.50 bits per heavy atom. The van der Waals surface area contributed by atoms with E-state index in [1.807, 2.05) is 0 Å². The van der Waals surface area contributed by atoms with Crippen molar-refractivity contribution in [2.75, 3.05) is 5.32 Å². The quantitative estimate of drug-likeness (QED) is 0.376. The van der Waals surface area contributed by atoms with Crippen LogP contribution in [0.2, 0.25) is 10.0 Å². The number of anilines is 1. The lowest BCUT2D eigenvalue weighted by Gasteiger charge is -2.08. The molecule has 0 fully saturated rings. The minimum atomic E-state index is -3.79. The molecule has 9 heteroatoms. The predicted octanol–water partition coefficient (Wildman–Crippen LogP) is 5.70. The van der Waals surface area contributed by atoms with E-state index in [0.717, 1.165) is 0 Å². The minimum absolute atomic E-state index is 0.0831. The van der Waals surface area contributed by atoms with E-state index in [2.05, 4.69) is 5.32 Å². The first-order valence-electron chi connectivity index (χ1n) is 9.53. The van der Waals surface area contributed by atoms with Crippen LogP contribution in [0, 0.1) is 5.82 Å². The van der Waals surface area contributed by atoms with Crippen LogP contribution in [0.25, 0.3) is 10.9 Å². The summed E-state index contributed by atoms with van der Waals surface area (Å²) in [7, 11) is -3.79. The fourth-order valence-corrected chi connectivity index (χ4v) is 5.31. The summed E-state index contributed by atoms with van der Waals surface area (Å²) in [6.45, 7) is -0.115. The smallest absolute Gasteiger partial charge is 0.244 e. The molecule has 0 bridgehead atoms. The second-order valence-electron chi connectivity index (χ2n) is 7.20. The molecule has 5 nitrogen and oxygen atoms in total. The molecule has 1 N–H and O–H groups in total. The fourth-order valence-electron chi connectivity index (χ4n) is 3.44. The average molecular weight is 491 g/mol. The minimum Gasteiger partial charge on any atom is -0.337 e. The first kappa shape index (κ1) is 22.3. The third kappa shape index (κ3) is 4.80. The van der Waals surface area contributed by atoms with Crippen molar-refractivity contribution in [3.05, 3.63) is 94.4 Å². The van der Waals surface area contributed by atoms with Gasteiger partial charge in [0.1, 0.15) is 12.4 Å². The Hall–Kier alpha value is -2.87. The van der Waals surface area contributed by atoms with E-state index >= 15 is 0 Å². The zero-order valence-corrected chi connectivity index (χ0v) is 18.9. The monoisotopic (exact) mass is 490 g/mol. The molecule has 0 aliphatic heterocycles. The number of nitrogens with one attached hydrogen (secondary N) is 1. The van der Waals surface area contributed by atoms with E-state index in [4.69, 9.17) is 23.2 Å². The van der Waals surface area contributed by atoms with Gasteiger partial charge in [-0.3, -0.25) is 4.79 Å². The molecule has 1 amide bonds. The SMILES string of the molecule is O=C(Cn1cc(S(=O)(=O)Cc2cccc(F)c2)c2ccccc21)Nc1ccc(Cl)c(Cl)c1. The van der Waals surface area contributed by atoms with E-state index in [-0.39, 0.29) is 23.1 Å². The normalized spacial score (nSPS) is 11.6. The molecule has 0 aliphatic rings. The highest BCUT2D eigenvalue weighted by Crippen LogP contribution is 2.29. The molecule has 0 radical (unpaired) electrons. The van der Waals surface area contributed by atoms with Crippen LogP contribution in [0.15, 0.2) is 77.8 Å². The molecular weight excluding hydrogens is 474 g/mol. The van der Waals surface area contributed by atoms with E-state index < -0.39 is 15.7 Å². The summed E-state index contributed by atoms with van der Waals surface area (Å²) < 4.78 is 41.3. The maximum Gasteiger partial charge on any atom is 0.244 e. The third-order valence-electron chi connectivity index (χ3n) is 4.85. The number of hydrogen-bond acceptors (Lipinski definition) is 3. The molecule has 0 aliphatic carbocycles. The van der Waals surface area contributed by atoms with E-state index in [0.29, 0.717) is 32.2 Å². The fraction of sp³-hybridized carbons (Fsp3) is 0.0870. The Labute approximate surface area is 194 Å². The van der Waals surface area contributed by atoms with Crippen LogP contribution in [-0.2, 0) is 26.9 Å². The molecule has 4 rings (SSSR count). The highest BCUT2D eigenvalue weighted by molar-refractivity contribution is 7.90. The van der Waals surface area contributed by atoms with Gasteiger partial charge in [0.05, 0.1) is 20.7 Å². The molecule has 1 aromatic heterocycles. The highest BCUT2D eigenvalue weighted by atomic mass is 35.5. The number of rotatable bonds is 6. The molecule has 3 aromatic carbocycles. The van der Waals surface area contributed by atoms with Gasteiger partial charge in [0.2, 0.25) is 5.91 Å².